The Bertz CT molecular complexity index is 619. The van der Waals surface area contributed by atoms with E-state index < -0.39 is 4.92 Å². The van der Waals surface area contributed by atoms with E-state index in [1.807, 2.05) is 0 Å². The van der Waals surface area contributed by atoms with E-state index in [1.165, 1.54) is 6.07 Å². The number of primary amides is 1. The first-order chi connectivity index (χ1) is 9.54. The minimum absolute atomic E-state index is 0.199. The number of nitro groups is 1. The zero-order valence-corrected chi connectivity index (χ0v) is 10.5. The molecule has 7 nitrogen and oxygen atoms in total. The molecule has 0 saturated heterocycles. The maximum Gasteiger partial charge on any atom is 0.433 e. The number of furan rings is 1. The van der Waals surface area contributed by atoms with Crippen LogP contribution in [-0.2, 0) is 17.8 Å². The van der Waals surface area contributed by atoms with Crippen molar-refractivity contribution in [1.82, 2.24) is 0 Å². The Morgan fingerprint density at radius 3 is 2.50 bits per heavy atom. The third-order valence-electron chi connectivity index (χ3n) is 2.63. The summed E-state index contributed by atoms with van der Waals surface area (Å²) in [5.41, 5.74) is 6.75. The second kappa shape index (κ2) is 5.87. The second-order valence-corrected chi connectivity index (χ2v) is 4.19. The molecule has 0 unspecified atom stereocenters. The van der Waals surface area contributed by atoms with Crippen molar-refractivity contribution in [1.29, 1.82) is 0 Å². The number of nitrogens with two attached hydrogens (primary N) is 1. The normalized spacial score (nSPS) is 10.2. The molecule has 20 heavy (non-hydrogen) atoms. The van der Waals surface area contributed by atoms with Gasteiger partial charge in [0.15, 0.2) is 0 Å². The fourth-order valence-corrected chi connectivity index (χ4v) is 1.69. The van der Waals surface area contributed by atoms with Gasteiger partial charge in [0.25, 0.3) is 0 Å². The average molecular weight is 275 g/mol. The van der Waals surface area contributed by atoms with E-state index in [1.54, 1.807) is 30.3 Å². The van der Waals surface area contributed by atoms with Gasteiger partial charge in [-0.15, -0.1) is 0 Å². The molecule has 0 radical (unpaired) electrons. The summed E-state index contributed by atoms with van der Waals surface area (Å²) in [7, 11) is 0. The topological polar surface area (TPSA) is 111 Å². The Morgan fingerprint density at radius 2 is 1.95 bits per heavy atom. The highest BCUT2D eigenvalue weighted by Gasteiger charge is 2.11. The van der Waals surface area contributed by atoms with Crippen molar-refractivity contribution in [2.24, 2.45) is 5.73 Å². The van der Waals surface area contributed by atoms with Gasteiger partial charge >= 0.3 is 5.88 Å². The van der Waals surface area contributed by atoms with Gasteiger partial charge < -0.3 is 15.5 Å². The number of rotatable bonds is 6. The fraction of sp³-hybridized carbons (Fsp3) is 0.154. The Hall–Kier alpha value is -2.83. The van der Waals surface area contributed by atoms with Crippen molar-refractivity contribution in [2.45, 2.75) is 13.0 Å². The van der Waals surface area contributed by atoms with Crippen LogP contribution >= 0.6 is 0 Å². The molecular formula is C13H13N3O4. The lowest BCUT2D eigenvalue weighted by atomic mass is 10.1. The van der Waals surface area contributed by atoms with Gasteiger partial charge in [-0.25, -0.2) is 0 Å². The molecule has 0 spiro atoms. The highest BCUT2D eigenvalue weighted by Crippen LogP contribution is 2.17. The van der Waals surface area contributed by atoms with Gasteiger partial charge in [0.2, 0.25) is 5.91 Å². The summed E-state index contributed by atoms with van der Waals surface area (Å²) in [6, 6.07) is 10.0. The van der Waals surface area contributed by atoms with E-state index in [4.69, 9.17) is 10.2 Å². The molecule has 0 atom stereocenters. The number of anilines is 1. The minimum atomic E-state index is -0.581. The Morgan fingerprint density at radius 1 is 1.25 bits per heavy atom. The van der Waals surface area contributed by atoms with Gasteiger partial charge in [0, 0.05) is 5.69 Å². The van der Waals surface area contributed by atoms with Crippen molar-refractivity contribution >= 4 is 17.5 Å². The maximum absolute atomic E-state index is 10.8. The lowest BCUT2D eigenvalue weighted by molar-refractivity contribution is -0.402. The van der Waals surface area contributed by atoms with E-state index in [2.05, 4.69) is 5.32 Å². The first kappa shape index (κ1) is 13.6. The molecule has 2 rings (SSSR count). The van der Waals surface area contributed by atoms with Crippen molar-refractivity contribution < 1.29 is 14.1 Å². The van der Waals surface area contributed by atoms with Gasteiger partial charge in [-0.3, -0.25) is 14.9 Å². The van der Waals surface area contributed by atoms with Crippen LogP contribution in [0.1, 0.15) is 11.3 Å². The highest BCUT2D eigenvalue weighted by molar-refractivity contribution is 5.76. The number of amides is 1. The molecule has 0 aliphatic heterocycles. The zero-order valence-electron chi connectivity index (χ0n) is 10.5. The summed E-state index contributed by atoms with van der Waals surface area (Å²) in [6.07, 6.45) is 0.199. The standard InChI is InChI=1S/C13H13N3O4/c14-12(17)7-9-1-3-10(4-2-9)15-8-11-5-6-13(20-11)16(18)19/h1-6,15H,7-8H2,(H2,14,17). The molecule has 104 valence electrons. The highest BCUT2D eigenvalue weighted by atomic mass is 16.6. The number of nitrogens with one attached hydrogen (secondary N) is 1. The summed E-state index contributed by atoms with van der Waals surface area (Å²) in [4.78, 5) is 20.6. The predicted molar refractivity (Wildman–Crippen MR) is 72.0 cm³/mol. The summed E-state index contributed by atoms with van der Waals surface area (Å²) in [6.45, 7) is 0.336. The molecular weight excluding hydrogens is 262 g/mol. The Labute approximate surface area is 114 Å². The zero-order chi connectivity index (χ0) is 14.5. The minimum Gasteiger partial charge on any atom is -0.404 e. The molecule has 7 heteroatoms. The lowest BCUT2D eigenvalue weighted by Gasteiger charge is -2.05. The molecule has 0 saturated carbocycles. The number of hydrogen-bond donors (Lipinski definition) is 2. The Kier molecular flexibility index (Phi) is 3.99. The van der Waals surface area contributed by atoms with E-state index >= 15 is 0 Å². The van der Waals surface area contributed by atoms with Crippen LogP contribution < -0.4 is 11.1 Å². The monoisotopic (exact) mass is 275 g/mol. The fourth-order valence-electron chi connectivity index (χ4n) is 1.69. The number of nitrogens with zero attached hydrogens (tertiary/aromatic N) is 1. The Balaban J connectivity index is 1.93. The number of benzene rings is 1. The lowest BCUT2D eigenvalue weighted by Crippen LogP contribution is -2.13. The third kappa shape index (κ3) is 3.58. The molecule has 0 fully saturated rings. The first-order valence-electron chi connectivity index (χ1n) is 5.89. The van der Waals surface area contributed by atoms with Crippen molar-refractivity contribution in [3.63, 3.8) is 0 Å². The van der Waals surface area contributed by atoms with E-state index in [-0.39, 0.29) is 18.2 Å². The first-order valence-corrected chi connectivity index (χ1v) is 5.89. The van der Waals surface area contributed by atoms with Gasteiger partial charge in [0.05, 0.1) is 19.0 Å². The molecule has 1 heterocycles. The predicted octanol–water partition coefficient (Wildman–Crippen LogP) is 1.83. The van der Waals surface area contributed by atoms with E-state index in [9.17, 15) is 14.9 Å². The van der Waals surface area contributed by atoms with Crippen LogP contribution in [0, 0.1) is 10.1 Å². The van der Waals surface area contributed by atoms with Crippen LogP contribution in [0.4, 0.5) is 11.6 Å². The molecule has 2 aromatic rings. The van der Waals surface area contributed by atoms with Crippen LogP contribution in [0.25, 0.3) is 0 Å². The number of carbonyl (C=O) groups excluding carboxylic acids is 1. The van der Waals surface area contributed by atoms with E-state index in [0.717, 1.165) is 11.3 Å². The number of carbonyl (C=O) groups is 1. The molecule has 1 aromatic carbocycles. The van der Waals surface area contributed by atoms with Crippen molar-refractivity contribution in [2.75, 3.05) is 5.32 Å². The molecule has 3 N–H and O–H groups in total. The van der Waals surface area contributed by atoms with Crippen molar-refractivity contribution in [3.05, 3.63) is 57.8 Å². The molecule has 0 aliphatic rings. The van der Waals surface area contributed by atoms with Crippen molar-refractivity contribution in [3.8, 4) is 0 Å². The smallest absolute Gasteiger partial charge is 0.404 e. The van der Waals surface area contributed by atoms with Crippen LogP contribution in [0.15, 0.2) is 40.8 Å². The summed E-state index contributed by atoms with van der Waals surface area (Å²) in [5.74, 6) is -0.190. The van der Waals surface area contributed by atoms with Crippen LogP contribution in [0.3, 0.4) is 0 Å². The SMILES string of the molecule is NC(=O)Cc1ccc(NCc2ccc([N+](=O)[O-])o2)cc1. The van der Waals surface area contributed by atoms with Crippen LogP contribution in [0.5, 0.6) is 0 Å². The summed E-state index contributed by atoms with van der Waals surface area (Å²) >= 11 is 0. The quantitative estimate of drug-likeness (QED) is 0.617. The van der Waals surface area contributed by atoms with Gasteiger partial charge in [-0.1, -0.05) is 12.1 Å². The van der Waals surface area contributed by atoms with Gasteiger partial charge in [0.1, 0.15) is 10.7 Å². The molecule has 0 bridgehead atoms. The maximum atomic E-state index is 10.8. The second-order valence-electron chi connectivity index (χ2n) is 4.19. The van der Waals surface area contributed by atoms with Crippen LogP contribution in [0.2, 0.25) is 0 Å². The molecule has 0 aliphatic carbocycles. The third-order valence-corrected chi connectivity index (χ3v) is 2.63. The number of hydrogen-bond acceptors (Lipinski definition) is 5. The van der Waals surface area contributed by atoms with Gasteiger partial charge in [-0.05, 0) is 23.8 Å². The van der Waals surface area contributed by atoms with E-state index in [0.29, 0.717) is 12.3 Å². The largest absolute Gasteiger partial charge is 0.433 e. The average Bonchev–Trinajstić information content (AvgIpc) is 2.86. The molecule has 1 amide bonds. The van der Waals surface area contributed by atoms with Gasteiger partial charge in [-0.2, -0.15) is 0 Å². The van der Waals surface area contributed by atoms with Crippen LogP contribution in [-0.4, -0.2) is 10.8 Å². The summed E-state index contributed by atoms with van der Waals surface area (Å²) in [5, 5.41) is 13.5. The molecule has 1 aromatic heterocycles. The summed E-state index contributed by atoms with van der Waals surface area (Å²) < 4.78 is 5.02.